The molecule has 1 aromatic heterocycles. The minimum absolute atomic E-state index is 0.139. The van der Waals surface area contributed by atoms with Crippen molar-refractivity contribution in [3.8, 4) is 0 Å². The van der Waals surface area contributed by atoms with E-state index in [-0.39, 0.29) is 5.92 Å². The molecule has 1 aromatic rings. The molecule has 0 N–H and O–H groups in total. The van der Waals surface area contributed by atoms with Crippen molar-refractivity contribution < 1.29 is 4.79 Å². The van der Waals surface area contributed by atoms with Gasteiger partial charge in [-0.2, -0.15) is 5.10 Å². The van der Waals surface area contributed by atoms with Crippen LogP contribution >= 0.6 is 0 Å². The van der Waals surface area contributed by atoms with Crippen molar-refractivity contribution in [3.05, 3.63) is 18.0 Å². The SMILES string of the molecule is CCC(C=O)Cc1ccnn1C. The summed E-state index contributed by atoms with van der Waals surface area (Å²) in [5.41, 5.74) is 1.12. The van der Waals surface area contributed by atoms with Crippen LogP contribution in [0.15, 0.2) is 12.3 Å². The van der Waals surface area contributed by atoms with Crippen LogP contribution in [0.5, 0.6) is 0 Å². The summed E-state index contributed by atoms with van der Waals surface area (Å²) in [4.78, 5) is 10.5. The molecule has 0 aliphatic heterocycles. The summed E-state index contributed by atoms with van der Waals surface area (Å²) in [6.45, 7) is 2.02. The van der Waals surface area contributed by atoms with E-state index < -0.39 is 0 Å². The van der Waals surface area contributed by atoms with E-state index in [9.17, 15) is 4.79 Å². The quantitative estimate of drug-likeness (QED) is 0.630. The first-order valence-electron chi connectivity index (χ1n) is 4.20. The van der Waals surface area contributed by atoms with Crippen molar-refractivity contribution in [2.24, 2.45) is 13.0 Å². The normalized spacial score (nSPS) is 12.8. The monoisotopic (exact) mass is 166 g/mol. The van der Waals surface area contributed by atoms with Crippen LogP contribution in [0, 0.1) is 5.92 Å². The summed E-state index contributed by atoms with van der Waals surface area (Å²) >= 11 is 0. The second-order valence-electron chi connectivity index (χ2n) is 2.95. The van der Waals surface area contributed by atoms with E-state index >= 15 is 0 Å². The second kappa shape index (κ2) is 4.04. The van der Waals surface area contributed by atoms with Crippen molar-refractivity contribution in [3.63, 3.8) is 0 Å². The third-order valence-electron chi connectivity index (χ3n) is 2.11. The fraction of sp³-hybridized carbons (Fsp3) is 0.556. The van der Waals surface area contributed by atoms with Gasteiger partial charge in [0.1, 0.15) is 6.29 Å². The Bertz CT molecular complexity index is 255. The third kappa shape index (κ3) is 1.94. The highest BCUT2D eigenvalue weighted by atomic mass is 16.1. The largest absolute Gasteiger partial charge is 0.303 e. The van der Waals surface area contributed by atoms with E-state index in [2.05, 4.69) is 5.10 Å². The molecule has 0 spiro atoms. The first kappa shape index (κ1) is 8.97. The molecule has 0 bridgehead atoms. The maximum atomic E-state index is 10.5. The smallest absolute Gasteiger partial charge is 0.123 e. The molecule has 3 heteroatoms. The van der Waals surface area contributed by atoms with Gasteiger partial charge in [0.25, 0.3) is 0 Å². The van der Waals surface area contributed by atoms with Gasteiger partial charge in [0, 0.05) is 24.9 Å². The van der Waals surface area contributed by atoms with Gasteiger partial charge in [-0.15, -0.1) is 0 Å². The van der Waals surface area contributed by atoms with E-state index in [1.807, 2.05) is 24.7 Å². The molecule has 1 heterocycles. The lowest BCUT2D eigenvalue weighted by molar-refractivity contribution is -0.111. The van der Waals surface area contributed by atoms with Gasteiger partial charge in [-0.1, -0.05) is 6.92 Å². The van der Waals surface area contributed by atoms with E-state index in [4.69, 9.17) is 0 Å². The lowest BCUT2D eigenvalue weighted by Crippen LogP contribution is -2.08. The second-order valence-corrected chi connectivity index (χ2v) is 2.95. The van der Waals surface area contributed by atoms with E-state index in [0.29, 0.717) is 0 Å². The molecule has 0 saturated carbocycles. The van der Waals surface area contributed by atoms with Crippen molar-refractivity contribution in [2.45, 2.75) is 19.8 Å². The topological polar surface area (TPSA) is 34.9 Å². The highest BCUT2D eigenvalue weighted by Gasteiger charge is 2.07. The summed E-state index contributed by atoms with van der Waals surface area (Å²) in [7, 11) is 1.90. The van der Waals surface area contributed by atoms with Crippen molar-refractivity contribution >= 4 is 6.29 Å². The Kier molecular flexibility index (Phi) is 3.02. The summed E-state index contributed by atoms with van der Waals surface area (Å²) in [5.74, 6) is 0.139. The maximum Gasteiger partial charge on any atom is 0.123 e. The Morgan fingerprint density at radius 1 is 1.75 bits per heavy atom. The molecular formula is C9H14N2O. The van der Waals surface area contributed by atoms with Gasteiger partial charge in [-0.25, -0.2) is 0 Å². The standard InChI is InChI=1S/C9H14N2O/c1-3-8(7-12)6-9-4-5-10-11(9)2/h4-5,7-8H,3,6H2,1-2H3. The molecule has 0 saturated heterocycles. The molecule has 0 aliphatic carbocycles. The molecule has 1 atom stereocenters. The summed E-state index contributed by atoms with van der Waals surface area (Å²) in [5, 5.41) is 4.04. The van der Waals surface area contributed by atoms with Crippen LogP contribution in [0.1, 0.15) is 19.0 Å². The molecule has 1 unspecified atom stereocenters. The Hall–Kier alpha value is -1.12. The predicted molar refractivity (Wildman–Crippen MR) is 46.8 cm³/mol. The number of aromatic nitrogens is 2. The highest BCUT2D eigenvalue weighted by molar-refractivity contribution is 5.53. The molecule has 66 valence electrons. The van der Waals surface area contributed by atoms with Gasteiger partial charge in [0.15, 0.2) is 0 Å². The first-order valence-corrected chi connectivity index (χ1v) is 4.20. The van der Waals surface area contributed by atoms with Crippen LogP contribution in [0.2, 0.25) is 0 Å². The number of carbonyl (C=O) groups excluding carboxylic acids is 1. The van der Waals surface area contributed by atoms with E-state index in [1.165, 1.54) is 0 Å². The molecule has 0 aromatic carbocycles. The molecular weight excluding hydrogens is 152 g/mol. The Balaban J connectivity index is 2.62. The lowest BCUT2D eigenvalue weighted by Gasteiger charge is -2.06. The Morgan fingerprint density at radius 2 is 2.50 bits per heavy atom. The summed E-state index contributed by atoms with van der Waals surface area (Å²) in [6, 6.07) is 1.95. The van der Waals surface area contributed by atoms with Crippen LogP contribution in [-0.2, 0) is 18.3 Å². The van der Waals surface area contributed by atoms with Gasteiger partial charge < -0.3 is 4.79 Å². The van der Waals surface area contributed by atoms with Crippen molar-refractivity contribution in [1.82, 2.24) is 9.78 Å². The van der Waals surface area contributed by atoms with Crippen LogP contribution < -0.4 is 0 Å². The van der Waals surface area contributed by atoms with Gasteiger partial charge in [-0.3, -0.25) is 4.68 Å². The zero-order valence-electron chi connectivity index (χ0n) is 7.53. The molecule has 0 radical (unpaired) electrons. The Morgan fingerprint density at radius 3 is 2.92 bits per heavy atom. The van der Waals surface area contributed by atoms with Crippen LogP contribution in [0.25, 0.3) is 0 Å². The molecule has 1 rings (SSSR count). The fourth-order valence-corrected chi connectivity index (χ4v) is 1.16. The summed E-state index contributed by atoms with van der Waals surface area (Å²) in [6.07, 6.45) is 4.48. The lowest BCUT2D eigenvalue weighted by atomic mass is 10.0. The number of hydrogen-bond acceptors (Lipinski definition) is 2. The molecule has 12 heavy (non-hydrogen) atoms. The average molecular weight is 166 g/mol. The van der Waals surface area contributed by atoms with Crippen LogP contribution in [0.3, 0.4) is 0 Å². The zero-order chi connectivity index (χ0) is 8.97. The minimum atomic E-state index is 0.139. The molecule has 0 aliphatic rings. The number of nitrogens with zero attached hydrogens (tertiary/aromatic N) is 2. The van der Waals surface area contributed by atoms with Gasteiger partial charge in [0.2, 0.25) is 0 Å². The molecule has 0 fully saturated rings. The molecule has 0 amide bonds. The summed E-state index contributed by atoms with van der Waals surface area (Å²) < 4.78 is 1.81. The van der Waals surface area contributed by atoms with E-state index in [0.717, 1.165) is 24.8 Å². The number of hydrogen-bond donors (Lipinski definition) is 0. The maximum absolute atomic E-state index is 10.5. The van der Waals surface area contributed by atoms with Crippen LogP contribution in [0.4, 0.5) is 0 Å². The third-order valence-corrected chi connectivity index (χ3v) is 2.11. The first-order chi connectivity index (χ1) is 5.77. The fourth-order valence-electron chi connectivity index (χ4n) is 1.16. The number of aldehydes is 1. The van der Waals surface area contributed by atoms with Crippen molar-refractivity contribution in [1.29, 1.82) is 0 Å². The van der Waals surface area contributed by atoms with Crippen molar-refractivity contribution in [2.75, 3.05) is 0 Å². The molecule has 3 nitrogen and oxygen atoms in total. The average Bonchev–Trinajstić information content (AvgIpc) is 2.47. The Labute approximate surface area is 72.4 Å². The number of rotatable bonds is 4. The highest BCUT2D eigenvalue weighted by Crippen LogP contribution is 2.08. The predicted octanol–water partition coefficient (Wildman–Crippen LogP) is 1.19. The number of carbonyl (C=O) groups is 1. The minimum Gasteiger partial charge on any atom is -0.303 e. The van der Waals surface area contributed by atoms with Gasteiger partial charge in [0.05, 0.1) is 0 Å². The number of aryl methyl sites for hydroxylation is 1. The van der Waals surface area contributed by atoms with Crippen LogP contribution in [-0.4, -0.2) is 16.1 Å². The van der Waals surface area contributed by atoms with E-state index in [1.54, 1.807) is 6.20 Å². The van der Waals surface area contributed by atoms with Gasteiger partial charge >= 0.3 is 0 Å². The zero-order valence-corrected chi connectivity index (χ0v) is 7.53. The van der Waals surface area contributed by atoms with Gasteiger partial charge in [-0.05, 0) is 18.9 Å².